The molecular formula is C25H22F4N8O2. The molecule has 7 rings (SSSR count). The predicted molar refractivity (Wildman–Crippen MR) is 130 cm³/mol. The van der Waals surface area contributed by atoms with Crippen LogP contribution in [0.1, 0.15) is 41.0 Å². The lowest BCUT2D eigenvalue weighted by Crippen LogP contribution is -2.63. The summed E-state index contributed by atoms with van der Waals surface area (Å²) in [6.07, 6.45) is -1.08. The number of benzene rings is 1. The topological polar surface area (TPSA) is 123 Å². The monoisotopic (exact) mass is 542 g/mol. The molecule has 3 fully saturated rings. The van der Waals surface area contributed by atoms with Crippen LogP contribution >= 0.6 is 0 Å². The lowest BCUT2D eigenvalue weighted by Gasteiger charge is -2.61. The van der Waals surface area contributed by atoms with E-state index in [2.05, 4.69) is 20.3 Å². The number of carbonyl (C=O) groups excluding carboxylic acids is 2. The molecule has 0 unspecified atom stereocenters. The Balaban J connectivity index is 1.41. The number of alkyl halides is 3. The normalized spacial score (nSPS) is 20.0. The van der Waals surface area contributed by atoms with Crippen molar-refractivity contribution < 1.29 is 27.2 Å². The summed E-state index contributed by atoms with van der Waals surface area (Å²) in [5, 5.41) is 14.0. The maximum Gasteiger partial charge on any atom is 0.435 e. The van der Waals surface area contributed by atoms with Crippen LogP contribution in [0.5, 0.6) is 0 Å². The third kappa shape index (κ3) is 3.84. The van der Waals surface area contributed by atoms with Crippen LogP contribution in [0.4, 0.5) is 23.4 Å². The van der Waals surface area contributed by atoms with E-state index in [0.717, 1.165) is 28.2 Å². The average Bonchev–Trinajstić information content (AvgIpc) is 3.21. The number of fused-ring (bicyclic) bond motifs is 3. The van der Waals surface area contributed by atoms with Gasteiger partial charge in [-0.25, -0.2) is 14.4 Å². The molecule has 3 aliphatic carbocycles. The second kappa shape index (κ2) is 8.32. The van der Waals surface area contributed by atoms with Crippen molar-refractivity contribution in [1.29, 1.82) is 0 Å². The van der Waals surface area contributed by atoms with Crippen LogP contribution in [0.15, 0.2) is 30.5 Å². The highest BCUT2D eigenvalue weighted by molar-refractivity contribution is 6.10. The summed E-state index contributed by atoms with van der Waals surface area (Å²) in [7, 11) is 3.05. The van der Waals surface area contributed by atoms with Gasteiger partial charge in [0, 0.05) is 25.5 Å². The first-order chi connectivity index (χ1) is 18.4. The molecule has 0 aliphatic heterocycles. The van der Waals surface area contributed by atoms with Gasteiger partial charge in [0.25, 0.3) is 5.91 Å². The number of nitrogen functional groups attached to an aromatic ring is 1. The maximum atomic E-state index is 15.4. The van der Waals surface area contributed by atoms with Crippen LogP contribution < -0.4 is 5.73 Å². The molecule has 10 nitrogen and oxygen atoms in total. The first-order valence-electron chi connectivity index (χ1n) is 12.1. The van der Waals surface area contributed by atoms with E-state index >= 15 is 4.39 Å². The molecule has 0 radical (unpaired) electrons. The lowest BCUT2D eigenvalue weighted by atomic mass is 9.44. The van der Waals surface area contributed by atoms with Crippen molar-refractivity contribution in [2.75, 3.05) is 12.8 Å². The Kier molecular flexibility index (Phi) is 5.32. The number of nitrogens with zero attached hydrogens (tertiary/aromatic N) is 7. The Morgan fingerprint density at radius 1 is 1.15 bits per heavy atom. The van der Waals surface area contributed by atoms with Crippen molar-refractivity contribution in [1.82, 2.24) is 35.0 Å². The molecule has 14 heteroatoms. The minimum absolute atomic E-state index is 0.0155. The second-order valence-corrected chi connectivity index (χ2v) is 10.2. The van der Waals surface area contributed by atoms with Crippen LogP contribution in [-0.4, -0.2) is 53.8 Å². The maximum absolute atomic E-state index is 15.4. The number of rotatable bonds is 4. The second-order valence-electron chi connectivity index (χ2n) is 10.2. The summed E-state index contributed by atoms with van der Waals surface area (Å²) in [5.41, 5.74) is 4.58. The van der Waals surface area contributed by atoms with Gasteiger partial charge in [0.1, 0.15) is 11.6 Å². The van der Waals surface area contributed by atoms with Crippen molar-refractivity contribution >= 4 is 39.4 Å². The Morgan fingerprint density at radius 2 is 1.87 bits per heavy atom. The number of aryl methyl sites for hydroxylation is 1. The van der Waals surface area contributed by atoms with Crippen molar-refractivity contribution in [2.24, 2.45) is 18.4 Å². The molecule has 2 amide bonds. The number of amides is 2. The van der Waals surface area contributed by atoms with Crippen LogP contribution in [-0.2, 0) is 24.6 Å². The fourth-order valence-corrected chi connectivity index (χ4v) is 5.54. The number of hydrazine groups is 1. The van der Waals surface area contributed by atoms with Crippen molar-refractivity contribution in [3.05, 3.63) is 53.2 Å². The smallest absolute Gasteiger partial charge is 0.383 e. The minimum Gasteiger partial charge on any atom is -0.383 e. The molecule has 3 aromatic heterocycles. The van der Waals surface area contributed by atoms with E-state index in [1.165, 1.54) is 24.0 Å². The summed E-state index contributed by atoms with van der Waals surface area (Å²) in [6, 6.07) is 4.19. The fourth-order valence-electron chi connectivity index (χ4n) is 5.54. The lowest BCUT2D eigenvalue weighted by molar-refractivity contribution is -0.188. The van der Waals surface area contributed by atoms with E-state index in [0.29, 0.717) is 41.5 Å². The van der Waals surface area contributed by atoms with Gasteiger partial charge in [-0.1, -0.05) is 0 Å². The predicted octanol–water partition coefficient (Wildman–Crippen LogP) is 3.47. The molecule has 3 saturated carbocycles. The Bertz CT molecular complexity index is 1650. The van der Waals surface area contributed by atoms with E-state index in [-0.39, 0.29) is 28.5 Å². The van der Waals surface area contributed by atoms with Crippen molar-refractivity contribution in [2.45, 2.75) is 32.0 Å². The van der Waals surface area contributed by atoms with Crippen LogP contribution in [0, 0.1) is 17.2 Å². The Hall–Kier alpha value is -4.36. The molecule has 3 aliphatic rings. The fraction of sp³-hybridized carbons (Fsp3) is 0.360. The summed E-state index contributed by atoms with van der Waals surface area (Å²) in [4.78, 5) is 31.5. The van der Waals surface area contributed by atoms with Crippen LogP contribution in [0.2, 0.25) is 0 Å². The number of hydrogen-bond acceptors (Lipinski definition) is 7. The highest BCUT2D eigenvalue weighted by Gasteiger charge is 2.62. The van der Waals surface area contributed by atoms with Gasteiger partial charge in [0.05, 0.1) is 45.8 Å². The average molecular weight is 542 g/mol. The number of anilines is 1. The first kappa shape index (κ1) is 24.9. The van der Waals surface area contributed by atoms with Gasteiger partial charge < -0.3 is 5.73 Å². The molecular weight excluding hydrogens is 520 g/mol. The first-order valence-corrected chi connectivity index (χ1v) is 12.1. The number of hydrogen-bond donors (Lipinski definition) is 1. The number of halogens is 4. The molecule has 4 aromatic rings. The number of nitrogens with two attached hydrogens (primary N) is 1. The summed E-state index contributed by atoms with van der Waals surface area (Å²) in [6.45, 7) is -0.412. The largest absolute Gasteiger partial charge is 0.435 e. The zero-order valence-corrected chi connectivity index (χ0v) is 20.8. The van der Waals surface area contributed by atoms with Gasteiger partial charge >= 0.3 is 6.18 Å². The molecule has 202 valence electrons. The quantitative estimate of drug-likeness (QED) is 0.309. The van der Waals surface area contributed by atoms with Crippen molar-refractivity contribution in [3.63, 3.8) is 0 Å². The van der Waals surface area contributed by atoms with Crippen LogP contribution in [0.3, 0.4) is 0 Å². The number of carbonyl (C=O) groups is 2. The summed E-state index contributed by atoms with van der Waals surface area (Å²) >= 11 is 0. The number of pyridine rings is 1. The summed E-state index contributed by atoms with van der Waals surface area (Å²) < 4.78 is 55.8. The van der Waals surface area contributed by atoms with E-state index in [1.54, 1.807) is 7.05 Å². The molecule has 2 bridgehead atoms. The molecule has 0 saturated heterocycles. The minimum atomic E-state index is -4.69. The molecule has 0 atom stereocenters. The third-order valence-corrected chi connectivity index (χ3v) is 7.73. The Labute approximate surface area is 218 Å². The van der Waals surface area contributed by atoms with Crippen LogP contribution in [0.25, 0.3) is 21.8 Å². The standard InChI is InChI=1S/C25H22F4N8O2/c1-35-20-15-5-14(17(26)6-18(15)32-21(30)16(20)10-31-35)22(38)37(36(2)23(39)24-7-12(8-24)9-24)11-13-3-4-19(34-33-13)25(27,28)29/h3-6,10,12H,7-9,11H2,1-2H3,(H2,30,32). The van der Waals surface area contributed by atoms with Gasteiger partial charge in [-0.05, 0) is 43.4 Å². The van der Waals surface area contributed by atoms with Gasteiger partial charge in [-0.3, -0.25) is 19.3 Å². The van der Waals surface area contributed by atoms with Gasteiger partial charge in [0.2, 0.25) is 5.91 Å². The van der Waals surface area contributed by atoms with E-state index in [9.17, 15) is 22.8 Å². The third-order valence-electron chi connectivity index (χ3n) is 7.73. The van der Waals surface area contributed by atoms with E-state index < -0.39 is 35.6 Å². The highest BCUT2D eigenvalue weighted by Crippen LogP contribution is 2.65. The highest BCUT2D eigenvalue weighted by atomic mass is 19.4. The zero-order chi connectivity index (χ0) is 27.9. The summed E-state index contributed by atoms with van der Waals surface area (Å²) in [5.74, 6) is -1.48. The van der Waals surface area contributed by atoms with Crippen molar-refractivity contribution in [3.8, 4) is 0 Å². The van der Waals surface area contributed by atoms with E-state index in [1.807, 2.05) is 0 Å². The molecule has 3 heterocycles. The molecule has 2 N–H and O–H groups in total. The molecule has 39 heavy (non-hydrogen) atoms. The molecule has 1 aromatic carbocycles. The number of aromatic nitrogens is 5. The van der Waals surface area contributed by atoms with Gasteiger partial charge in [-0.2, -0.15) is 23.4 Å². The zero-order valence-electron chi connectivity index (χ0n) is 20.8. The van der Waals surface area contributed by atoms with Gasteiger partial charge in [0.15, 0.2) is 5.69 Å². The molecule has 0 spiro atoms. The SMILES string of the molecule is CN(C(=O)C12CC(C1)C2)N(Cc1ccc(C(F)(F)F)nn1)C(=O)c1cc2c(cc1F)nc(N)c1cnn(C)c12. The Morgan fingerprint density at radius 3 is 2.46 bits per heavy atom. The van der Waals surface area contributed by atoms with Gasteiger partial charge in [-0.15, -0.1) is 5.10 Å². The van der Waals surface area contributed by atoms with E-state index in [4.69, 9.17) is 5.73 Å².